The van der Waals surface area contributed by atoms with Gasteiger partial charge in [-0.05, 0) is 24.1 Å². The lowest BCUT2D eigenvalue weighted by Gasteiger charge is -2.18. The number of hydrogen-bond acceptors (Lipinski definition) is 3. The van der Waals surface area contributed by atoms with Crippen molar-refractivity contribution in [3.05, 3.63) is 23.8 Å². The first-order chi connectivity index (χ1) is 8.56. The van der Waals surface area contributed by atoms with E-state index >= 15 is 0 Å². The number of ether oxygens (including phenoxy) is 1. The molecule has 1 aromatic rings. The van der Waals surface area contributed by atoms with Gasteiger partial charge in [-0.15, -0.1) is 0 Å². The van der Waals surface area contributed by atoms with Gasteiger partial charge in [-0.3, -0.25) is 9.59 Å². The Morgan fingerprint density at radius 3 is 3.00 bits per heavy atom. The van der Waals surface area contributed by atoms with Crippen LogP contribution in [0.5, 0.6) is 5.75 Å². The molecule has 0 unspecified atom stereocenters. The summed E-state index contributed by atoms with van der Waals surface area (Å²) in [6.07, 6.45) is 0. The number of nitrogens with one attached hydrogen (secondary N) is 2. The molecule has 96 valence electrons. The smallest absolute Gasteiger partial charge is 0.262 e. The number of carbonyl (C=O) groups is 2. The van der Waals surface area contributed by atoms with E-state index in [-0.39, 0.29) is 18.4 Å². The monoisotopic (exact) mass is 248 g/mol. The first kappa shape index (κ1) is 12.4. The second-order valence-corrected chi connectivity index (χ2v) is 4.65. The Hall–Kier alpha value is -2.04. The van der Waals surface area contributed by atoms with Crippen molar-refractivity contribution in [1.82, 2.24) is 5.32 Å². The Morgan fingerprint density at radius 1 is 1.50 bits per heavy atom. The molecule has 0 atom stereocenters. The van der Waals surface area contributed by atoms with E-state index in [0.717, 1.165) is 0 Å². The first-order valence-corrected chi connectivity index (χ1v) is 5.91. The summed E-state index contributed by atoms with van der Waals surface area (Å²) in [6.45, 7) is 4.69. The van der Waals surface area contributed by atoms with E-state index < -0.39 is 0 Å². The average Bonchev–Trinajstić information content (AvgIpc) is 2.35. The number of rotatable bonds is 3. The lowest BCUT2D eigenvalue weighted by molar-refractivity contribution is -0.118. The normalized spacial score (nSPS) is 13.6. The Labute approximate surface area is 106 Å². The van der Waals surface area contributed by atoms with Gasteiger partial charge in [0, 0.05) is 12.1 Å². The van der Waals surface area contributed by atoms with Crippen LogP contribution in [0.25, 0.3) is 0 Å². The molecule has 18 heavy (non-hydrogen) atoms. The number of amides is 2. The van der Waals surface area contributed by atoms with Crippen LogP contribution in [0, 0.1) is 5.92 Å². The Kier molecular flexibility index (Phi) is 3.50. The van der Waals surface area contributed by atoms with Gasteiger partial charge in [0.1, 0.15) is 5.75 Å². The lowest BCUT2D eigenvalue weighted by atomic mass is 10.1. The third kappa shape index (κ3) is 2.80. The highest BCUT2D eigenvalue weighted by Crippen LogP contribution is 2.28. The van der Waals surface area contributed by atoms with Crippen molar-refractivity contribution in [2.75, 3.05) is 18.5 Å². The van der Waals surface area contributed by atoms with Crippen molar-refractivity contribution < 1.29 is 14.3 Å². The zero-order valence-electron chi connectivity index (χ0n) is 10.4. The third-order valence-electron chi connectivity index (χ3n) is 2.55. The van der Waals surface area contributed by atoms with Crippen LogP contribution in [-0.4, -0.2) is 25.0 Å². The molecule has 1 aliphatic heterocycles. The van der Waals surface area contributed by atoms with E-state index in [1.165, 1.54) is 0 Å². The summed E-state index contributed by atoms with van der Waals surface area (Å²) < 4.78 is 5.26. The first-order valence-electron chi connectivity index (χ1n) is 5.91. The molecule has 0 saturated heterocycles. The van der Waals surface area contributed by atoms with Crippen LogP contribution >= 0.6 is 0 Å². The van der Waals surface area contributed by atoms with Crippen molar-refractivity contribution in [2.24, 2.45) is 5.92 Å². The number of hydrogen-bond donors (Lipinski definition) is 2. The van der Waals surface area contributed by atoms with E-state index in [9.17, 15) is 9.59 Å². The van der Waals surface area contributed by atoms with E-state index in [1.807, 2.05) is 13.8 Å². The van der Waals surface area contributed by atoms with Crippen molar-refractivity contribution >= 4 is 17.5 Å². The van der Waals surface area contributed by atoms with Gasteiger partial charge in [0.15, 0.2) is 6.61 Å². The molecule has 0 saturated carbocycles. The van der Waals surface area contributed by atoms with Crippen LogP contribution in [0.1, 0.15) is 24.2 Å². The third-order valence-corrected chi connectivity index (χ3v) is 2.55. The topological polar surface area (TPSA) is 67.4 Å². The van der Waals surface area contributed by atoms with Crippen molar-refractivity contribution in [2.45, 2.75) is 13.8 Å². The highest BCUT2D eigenvalue weighted by Gasteiger charge is 2.17. The highest BCUT2D eigenvalue weighted by atomic mass is 16.5. The largest absolute Gasteiger partial charge is 0.482 e. The van der Waals surface area contributed by atoms with E-state index in [1.54, 1.807) is 18.2 Å². The molecule has 0 spiro atoms. The molecule has 0 aromatic heterocycles. The maximum Gasteiger partial charge on any atom is 0.262 e. The summed E-state index contributed by atoms with van der Waals surface area (Å²) in [5.74, 6) is 0.625. The van der Waals surface area contributed by atoms with Crippen molar-refractivity contribution in [3.63, 3.8) is 0 Å². The number of anilines is 1. The molecule has 5 heteroatoms. The summed E-state index contributed by atoms with van der Waals surface area (Å²) in [4.78, 5) is 23.0. The maximum atomic E-state index is 11.8. The summed E-state index contributed by atoms with van der Waals surface area (Å²) in [5, 5.41) is 5.51. The summed E-state index contributed by atoms with van der Waals surface area (Å²) in [7, 11) is 0. The van der Waals surface area contributed by atoms with Crippen LogP contribution in [0.15, 0.2) is 18.2 Å². The number of fused-ring (bicyclic) bond motifs is 1. The molecule has 2 amide bonds. The van der Waals surface area contributed by atoms with Crippen LogP contribution < -0.4 is 15.4 Å². The van der Waals surface area contributed by atoms with Gasteiger partial charge in [-0.25, -0.2) is 0 Å². The van der Waals surface area contributed by atoms with Crippen LogP contribution in [0.4, 0.5) is 5.69 Å². The molecule has 1 aromatic carbocycles. The average molecular weight is 248 g/mol. The van der Waals surface area contributed by atoms with E-state index in [0.29, 0.717) is 29.5 Å². The predicted octanol–water partition coefficient (Wildman–Crippen LogP) is 1.40. The molecule has 2 N–H and O–H groups in total. The Morgan fingerprint density at radius 2 is 2.28 bits per heavy atom. The zero-order chi connectivity index (χ0) is 13.1. The lowest BCUT2D eigenvalue weighted by Crippen LogP contribution is -2.28. The highest BCUT2D eigenvalue weighted by molar-refractivity contribution is 5.98. The summed E-state index contributed by atoms with van der Waals surface area (Å²) in [6, 6.07) is 4.99. The van der Waals surface area contributed by atoms with Crippen LogP contribution in [0.2, 0.25) is 0 Å². The van der Waals surface area contributed by atoms with Gasteiger partial charge < -0.3 is 15.4 Å². The molecule has 5 nitrogen and oxygen atoms in total. The molecular formula is C13H16N2O3. The maximum absolute atomic E-state index is 11.8. The minimum Gasteiger partial charge on any atom is -0.482 e. The van der Waals surface area contributed by atoms with Gasteiger partial charge in [0.05, 0.1) is 5.69 Å². The van der Waals surface area contributed by atoms with Crippen molar-refractivity contribution in [1.29, 1.82) is 0 Å². The quantitative estimate of drug-likeness (QED) is 0.849. The molecule has 0 bridgehead atoms. The zero-order valence-corrected chi connectivity index (χ0v) is 10.4. The van der Waals surface area contributed by atoms with Crippen LogP contribution in [-0.2, 0) is 4.79 Å². The fourth-order valence-electron chi connectivity index (χ4n) is 1.61. The second-order valence-electron chi connectivity index (χ2n) is 4.65. The molecule has 1 aliphatic rings. The van der Waals surface area contributed by atoms with Gasteiger partial charge in [-0.2, -0.15) is 0 Å². The number of carbonyl (C=O) groups excluding carboxylic acids is 2. The second kappa shape index (κ2) is 5.08. The van der Waals surface area contributed by atoms with Gasteiger partial charge in [0.25, 0.3) is 11.8 Å². The standard InChI is InChI=1S/C13H16N2O3/c1-8(2)6-14-13(17)9-3-4-10-11(5-9)18-7-12(16)15-10/h3-5,8H,6-7H2,1-2H3,(H,14,17)(H,15,16). The minimum atomic E-state index is -0.181. The Balaban J connectivity index is 2.11. The predicted molar refractivity (Wildman–Crippen MR) is 67.7 cm³/mol. The SMILES string of the molecule is CC(C)CNC(=O)c1ccc2c(c1)OCC(=O)N2. The summed E-state index contributed by atoms with van der Waals surface area (Å²) >= 11 is 0. The molecule has 0 aliphatic carbocycles. The molecule has 1 heterocycles. The van der Waals surface area contributed by atoms with Crippen LogP contribution in [0.3, 0.4) is 0 Å². The molecule has 2 rings (SSSR count). The molecule has 0 fully saturated rings. The van der Waals surface area contributed by atoms with E-state index in [4.69, 9.17) is 4.74 Å². The minimum absolute atomic E-state index is 0.00985. The fourth-order valence-corrected chi connectivity index (χ4v) is 1.61. The molecular weight excluding hydrogens is 232 g/mol. The Bertz CT molecular complexity index is 483. The van der Waals surface area contributed by atoms with E-state index in [2.05, 4.69) is 10.6 Å². The molecule has 0 radical (unpaired) electrons. The van der Waals surface area contributed by atoms with Gasteiger partial charge >= 0.3 is 0 Å². The number of benzene rings is 1. The van der Waals surface area contributed by atoms with Gasteiger partial charge in [-0.1, -0.05) is 13.8 Å². The van der Waals surface area contributed by atoms with Crippen molar-refractivity contribution in [3.8, 4) is 5.75 Å². The van der Waals surface area contributed by atoms with Gasteiger partial charge in [0.2, 0.25) is 0 Å². The fraction of sp³-hybridized carbons (Fsp3) is 0.385. The summed E-state index contributed by atoms with van der Waals surface area (Å²) in [5.41, 5.74) is 1.14.